The monoisotopic (exact) mass is 558 g/mol. The fraction of sp³-hybridized carbons (Fsp3) is 0.400. The minimum atomic E-state index is -5.37. The van der Waals surface area contributed by atoms with Gasteiger partial charge < -0.3 is 19.4 Å². The molecule has 2 unspecified atom stereocenters. The lowest BCUT2D eigenvalue weighted by atomic mass is 10.1. The molecule has 2 aromatic rings. The Balaban J connectivity index is 1.64. The van der Waals surface area contributed by atoms with Crippen LogP contribution in [0.4, 0.5) is 18.9 Å². The van der Waals surface area contributed by atoms with Crippen LogP contribution >= 0.6 is 11.6 Å². The number of aliphatic hydroxyl groups is 1. The fourth-order valence-electron chi connectivity index (χ4n) is 3.74. The molecule has 0 aromatic heterocycles. The summed E-state index contributed by atoms with van der Waals surface area (Å²) in [5.74, 6) is -3.65. The van der Waals surface area contributed by atoms with Crippen molar-refractivity contribution in [2.75, 3.05) is 31.3 Å². The van der Waals surface area contributed by atoms with Gasteiger partial charge in [-0.1, -0.05) is 11.6 Å². The van der Waals surface area contributed by atoms with Crippen LogP contribution in [0, 0.1) is 0 Å². The first-order chi connectivity index (χ1) is 17.8. The molecule has 1 amide bonds. The van der Waals surface area contributed by atoms with Crippen molar-refractivity contribution in [2.24, 2.45) is 0 Å². The Bertz CT molecular complexity index is 1160. The SMILES string of the molecule is CC(=O)c1ccc(OCC(O)CN2CCC(Oc3ccc(Cl)cc3)C2)c(N(OC(=O)C(F)(F)F)C(C)=O)c1. The van der Waals surface area contributed by atoms with E-state index in [1.807, 2.05) is 4.90 Å². The summed E-state index contributed by atoms with van der Waals surface area (Å²) >= 11 is 5.88. The molecule has 2 atom stereocenters. The van der Waals surface area contributed by atoms with E-state index in [0.717, 1.165) is 19.4 Å². The number of likely N-dealkylation sites (tertiary alicyclic amines) is 1. The predicted molar refractivity (Wildman–Crippen MR) is 130 cm³/mol. The second kappa shape index (κ2) is 12.5. The zero-order valence-electron chi connectivity index (χ0n) is 20.5. The number of anilines is 1. The van der Waals surface area contributed by atoms with Gasteiger partial charge in [0.1, 0.15) is 36.0 Å². The topological polar surface area (TPSA) is 106 Å². The van der Waals surface area contributed by atoms with Gasteiger partial charge in [0, 0.05) is 37.1 Å². The summed E-state index contributed by atoms with van der Waals surface area (Å²) in [5, 5.41) is 11.2. The summed E-state index contributed by atoms with van der Waals surface area (Å²) in [6, 6.07) is 10.6. The molecule has 38 heavy (non-hydrogen) atoms. The number of β-amino-alcohol motifs (C(OH)–C–C–N with tert-alkyl or cyclic N) is 1. The van der Waals surface area contributed by atoms with Crippen LogP contribution in [0.25, 0.3) is 0 Å². The van der Waals surface area contributed by atoms with Gasteiger partial charge in [-0.2, -0.15) is 13.2 Å². The van der Waals surface area contributed by atoms with Gasteiger partial charge in [-0.15, -0.1) is 5.06 Å². The number of halogens is 4. The third-order valence-electron chi connectivity index (χ3n) is 5.52. The molecule has 13 heteroatoms. The van der Waals surface area contributed by atoms with Crippen LogP contribution in [0.2, 0.25) is 5.02 Å². The lowest BCUT2D eigenvalue weighted by Gasteiger charge is -2.24. The Morgan fingerprint density at radius 1 is 1.16 bits per heavy atom. The molecule has 1 aliphatic rings. The number of alkyl halides is 3. The minimum absolute atomic E-state index is 0.0333. The van der Waals surface area contributed by atoms with E-state index in [4.69, 9.17) is 21.1 Å². The fourth-order valence-corrected chi connectivity index (χ4v) is 3.86. The summed E-state index contributed by atoms with van der Waals surface area (Å²) in [7, 11) is 0. The summed E-state index contributed by atoms with van der Waals surface area (Å²) in [5.41, 5.74) is -0.362. The molecule has 9 nitrogen and oxygen atoms in total. The Labute approximate surface area is 221 Å². The number of hydrogen-bond acceptors (Lipinski definition) is 8. The molecule has 1 saturated heterocycles. The highest BCUT2D eigenvalue weighted by Gasteiger charge is 2.43. The molecule has 0 radical (unpaired) electrons. The van der Waals surface area contributed by atoms with Gasteiger partial charge in [-0.3, -0.25) is 14.5 Å². The van der Waals surface area contributed by atoms with E-state index in [1.54, 1.807) is 24.3 Å². The van der Waals surface area contributed by atoms with E-state index < -0.39 is 35.6 Å². The van der Waals surface area contributed by atoms with Crippen molar-refractivity contribution >= 4 is 34.9 Å². The minimum Gasteiger partial charge on any atom is -0.489 e. The van der Waals surface area contributed by atoms with Crippen molar-refractivity contribution in [3.8, 4) is 11.5 Å². The Kier molecular flexibility index (Phi) is 9.58. The largest absolute Gasteiger partial charge is 0.493 e. The number of carbonyl (C=O) groups is 3. The van der Waals surface area contributed by atoms with Gasteiger partial charge in [0.05, 0.1) is 0 Å². The molecule has 0 spiro atoms. The molecule has 2 aromatic carbocycles. The van der Waals surface area contributed by atoms with E-state index in [2.05, 4.69) is 4.84 Å². The molecule has 1 N–H and O–H groups in total. The Morgan fingerprint density at radius 3 is 2.45 bits per heavy atom. The van der Waals surface area contributed by atoms with Gasteiger partial charge >= 0.3 is 12.1 Å². The van der Waals surface area contributed by atoms with Gasteiger partial charge in [-0.25, -0.2) is 4.79 Å². The zero-order valence-corrected chi connectivity index (χ0v) is 21.3. The van der Waals surface area contributed by atoms with Crippen LogP contribution in [0.3, 0.4) is 0 Å². The normalized spacial score (nSPS) is 16.6. The number of carbonyl (C=O) groups excluding carboxylic acids is 3. The number of aliphatic hydroxyl groups excluding tert-OH is 1. The number of amides is 1. The lowest BCUT2D eigenvalue weighted by molar-refractivity contribution is -0.201. The lowest BCUT2D eigenvalue weighted by Crippen LogP contribution is -2.38. The van der Waals surface area contributed by atoms with Crippen LogP contribution in [0.15, 0.2) is 42.5 Å². The molecule has 1 aliphatic heterocycles. The smallest absolute Gasteiger partial charge is 0.489 e. The average Bonchev–Trinajstić information content (AvgIpc) is 3.28. The first-order valence-corrected chi connectivity index (χ1v) is 11.9. The highest BCUT2D eigenvalue weighted by atomic mass is 35.5. The van der Waals surface area contributed by atoms with Crippen molar-refractivity contribution in [3.63, 3.8) is 0 Å². The number of hydrogen-bond donors (Lipinski definition) is 1. The maximum Gasteiger partial charge on any atom is 0.493 e. The Morgan fingerprint density at radius 2 is 1.84 bits per heavy atom. The average molecular weight is 559 g/mol. The molecule has 3 rings (SSSR count). The van der Waals surface area contributed by atoms with Crippen molar-refractivity contribution in [2.45, 2.75) is 38.7 Å². The number of rotatable bonds is 9. The molecule has 0 saturated carbocycles. The summed E-state index contributed by atoms with van der Waals surface area (Å²) in [6.45, 7) is 3.19. The summed E-state index contributed by atoms with van der Waals surface area (Å²) < 4.78 is 49.8. The van der Waals surface area contributed by atoms with E-state index in [9.17, 15) is 32.7 Å². The number of ketones is 1. The van der Waals surface area contributed by atoms with E-state index >= 15 is 0 Å². The molecule has 206 valence electrons. The van der Waals surface area contributed by atoms with Crippen LogP contribution in [0.5, 0.6) is 11.5 Å². The van der Waals surface area contributed by atoms with E-state index in [0.29, 0.717) is 23.9 Å². The summed E-state index contributed by atoms with van der Waals surface area (Å²) in [6.07, 6.45) is -5.76. The Hall–Kier alpha value is -3.35. The standard InChI is InChI=1S/C25H26ClF3N2O7/c1-15(32)17-3-8-23(22(11-17)31(16(2)33)38-24(35)25(27,28)29)36-14-19(34)12-30-10-9-21(13-30)37-20-6-4-18(26)5-7-20/h3-8,11,19,21,34H,9-10,12-14H2,1-2H3. The second-order valence-corrected chi connectivity index (χ2v) is 9.07. The number of ether oxygens (including phenoxy) is 2. The molecule has 0 aliphatic carbocycles. The van der Waals surface area contributed by atoms with Crippen molar-refractivity contribution in [3.05, 3.63) is 53.1 Å². The first-order valence-electron chi connectivity index (χ1n) is 11.5. The number of nitrogens with zero attached hydrogens (tertiary/aromatic N) is 2. The molecule has 0 bridgehead atoms. The van der Waals surface area contributed by atoms with Crippen molar-refractivity contribution in [1.82, 2.24) is 4.90 Å². The molecule has 1 heterocycles. The quantitative estimate of drug-likeness (QED) is 0.366. The van der Waals surface area contributed by atoms with Crippen LogP contribution in [-0.2, 0) is 14.4 Å². The maximum absolute atomic E-state index is 12.8. The molecule has 1 fully saturated rings. The predicted octanol–water partition coefficient (Wildman–Crippen LogP) is 3.81. The maximum atomic E-state index is 12.8. The number of Topliss-reactive ketones (excluding diaryl/α,β-unsaturated/α-hetero) is 1. The van der Waals surface area contributed by atoms with E-state index in [-0.39, 0.29) is 35.6 Å². The van der Waals surface area contributed by atoms with Crippen LogP contribution < -0.4 is 14.5 Å². The number of benzene rings is 2. The second-order valence-electron chi connectivity index (χ2n) is 8.64. The summed E-state index contributed by atoms with van der Waals surface area (Å²) in [4.78, 5) is 41.5. The van der Waals surface area contributed by atoms with Crippen molar-refractivity contribution < 1.29 is 47.0 Å². The van der Waals surface area contributed by atoms with Gasteiger partial charge in [0.15, 0.2) is 5.78 Å². The van der Waals surface area contributed by atoms with Gasteiger partial charge in [0.25, 0.3) is 5.91 Å². The zero-order chi connectivity index (χ0) is 28.0. The molecular formula is C25H26ClF3N2O7. The number of hydroxylamine groups is 1. The highest BCUT2D eigenvalue weighted by molar-refractivity contribution is 6.30. The molecular weight excluding hydrogens is 533 g/mol. The van der Waals surface area contributed by atoms with Gasteiger partial charge in [0.2, 0.25) is 0 Å². The van der Waals surface area contributed by atoms with Crippen LogP contribution in [0.1, 0.15) is 30.6 Å². The van der Waals surface area contributed by atoms with E-state index in [1.165, 1.54) is 19.1 Å². The van der Waals surface area contributed by atoms with Crippen molar-refractivity contribution in [1.29, 1.82) is 0 Å². The first kappa shape index (κ1) is 29.2. The van der Waals surface area contributed by atoms with Gasteiger partial charge in [-0.05, 0) is 55.8 Å². The third-order valence-corrected chi connectivity index (χ3v) is 5.77. The van der Waals surface area contributed by atoms with Crippen LogP contribution in [-0.4, -0.2) is 72.3 Å². The third kappa shape index (κ3) is 8.07. The highest BCUT2D eigenvalue weighted by Crippen LogP contribution is 2.32.